The largest absolute Gasteiger partial charge is 0.383 e. The fourth-order valence-electron chi connectivity index (χ4n) is 2.26. The number of pyridine rings is 1. The van der Waals surface area contributed by atoms with Crippen LogP contribution in [-0.4, -0.2) is 28.9 Å². The van der Waals surface area contributed by atoms with E-state index in [2.05, 4.69) is 15.0 Å². The molecule has 0 atom stereocenters. The predicted octanol–water partition coefficient (Wildman–Crippen LogP) is 1.18. The Morgan fingerprint density at radius 2 is 1.85 bits per heavy atom. The fourth-order valence-corrected chi connectivity index (χ4v) is 2.26. The van der Waals surface area contributed by atoms with Crippen LogP contribution in [0.4, 0.5) is 11.8 Å². The molecule has 20 heavy (non-hydrogen) atoms. The number of hydrogen-bond donors (Lipinski definition) is 2. The molecule has 0 bridgehead atoms. The van der Waals surface area contributed by atoms with E-state index in [9.17, 15) is 0 Å². The summed E-state index contributed by atoms with van der Waals surface area (Å²) in [6.07, 6.45) is 0.781. The minimum absolute atomic E-state index is 0.132. The molecular weight excluding hydrogens is 258 g/mol. The van der Waals surface area contributed by atoms with Gasteiger partial charge in [-0.2, -0.15) is 9.97 Å². The second-order valence-corrected chi connectivity index (χ2v) is 4.43. The summed E-state index contributed by atoms with van der Waals surface area (Å²) in [6, 6.07) is 0. The van der Waals surface area contributed by atoms with Crippen molar-refractivity contribution in [2.45, 2.75) is 26.9 Å². The number of nitrogens with two attached hydrogens (primary N) is 2. The number of anilines is 2. The Morgan fingerprint density at radius 1 is 1.10 bits per heavy atom. The standard InChI is InChI=1S/C13H19N5O2/c1-4-8-9(5-20-6-19-3)7(2)16-12-10(8)11(14)17-13(15)18-12/h4-6H2,1-3H3,(H4,14,15,16,17,18). The normalized spacial score (nSPS) is 11.2. The quantitative estimate of drug-likeness (QED) is 0.623. The van der Waals surface area contributed by atoms with Crippen molar-refractivity contribution in [2.24, 2.45) is 0 Å². The summed E-state index contributed by atoms with van der Waals surface area (Å²) < 4.78 is 10.3. The van der Waals surface area contributed by atoms with Gasteiger partial charge < -0.3 is 20.9 Å². The monoisotopic (exact) mass is 277 g/mol. The van der Waals surface area contributed by atoms with E-state index < -0.39 is 0 Å². The Morgan fingerprint density at radius 3 is 2.50 bits per heavy atom. The molecule has 0 saturated carbocycles. The Bertz CT molecular complexity index is 630. The predicted molar refractivity (Wildman–Crippen MR) is 76.9 cm³/mol. The van der Waals surface area contributed by atoms with Crippen molar-refractivity contribution in [3.63, 3.8) is 0 Å². The van der Waals surface area contributed by atoms with Crippen molar-refractivity contribution >= 4 is 22.8 Å². The van der Waals surface area contributed by atoms with Gasteiger partial charge in [0.25, 0.3) is 0 Å². The molecule has 108 valence electrons. The lowest BCUT2D eigenvalue weighted by molar-refractivity contribution is -0.0394. The minimum Gasteiger partial charge on any atom is -0.383 e. The topological polar surface area (TPSA) is 109 Å². The molecule has 0 aliphatic carbocycles. The lowest BCUT2D eigenvalue weighted by Gasteiger charge is -2.15. The molecule has 7 heteroatoms. The van der Waals surface area contributed by atoms with Crippen molar-refractivity contribution in [3.8, 4) is 0 Å². The minimum atomic E-state index is 0.132. The van der Waals surface area contributed by atoms with Gasteiger partial charge in [0.2, 0.25) is 5.95 Å². The molecule has 7 nitrogen and oxygen atoms in total. The third-order valence-corrected chi connectivity index (χ3v) is 3.11. The van der Waals surface area contributed by atoms with Crippen LogP contribution in [0.2, 0.25) is 0 Å². The molecule has 0 fully saturated rings. The molecular formula is C13H19N5O2. The molecule has 0 radical (unpaired) electrons. The average molecular weight is 277 g/mol. The summed E-state index contributed by atoms with van der Waals surface area (Å²) in [7, 11) is 1.58. The number of ether oxygens (including phenoxy) is 2. The highest BCUT2D eigenvalue weighted by molar-refractivity contribution is 5.90. The first-order chi connectivity index (χ1) is 9.58. The number of rotatable bonds is 5. The maximum Gasteiger partial charge on any atom is 0.224 e. The SMILES string of the molecule is CCc1c(COCOC)c(C)nc2nc(N)nc(N)c12. The Kier molecular flexibility index (Phi) is 4.31. The molecule has 0 saturated heterocycles. The average Bonchev–Trinajstić information content (AvgIpc) is 2.39. The highest BCUT2D eigenvalue weighted by Gasteiger charge is 2.16. The third-order valence-electron chi connectivity index (χ3n) is 3.11. The number of methoxy groups -OCH3 is 1. The first-order valence-electron chi connectivity index (χ1n) is 6.36. The van der Waals surface area contributed by atoms with E-state index in [1.54, 1.807) is 7.11 Å². The van der Waals surface area contributed by atoms with Gasteiger partial charge in [0, 0.05) is 18.4 Å². The van der Waals surface area contributed by atoms with Crippen LogP contribution >= 0.6 is 0 Å². The first-order valence-corrected chi connectivity index (χ1v) is 6.36. The van der Waals surface area contributed by atoms with Crippen molar-refractivity contribution in [3.05, 3.63) is 16.8 Å². The van der Waals surface area contributed by atoms with Crippen LogP contribution in [0.1, 0.15) is 23.7 Å². The van der Waals surface area contributed by atoms with Gasteiger partial charge >= 0.3 is 0 Å². The fraction of sp³-hybridized carbons (Fsp3) is 0.462. The van der Waals surface area contributed by atoms with Gasteiger partial charge in [0.1, 0.15) is 12.6 Å². The second-order valence-electron chi connectivity index (χ2n) is 4.43. The van der Waals surface area contributed by atoms with E-state index in [0.717, 1.165) is 28.6 Å². The van der Waals surface area contributed by atoms with Crippen LogP contribution in [-0.2, 0) is 22.5 Å². The third kappa shape index (κ3) is 2.63. The molecule has 2 heterocycles. The van der Waals surface area contributed by atoms with E-state index in [0.29, 0.717) is 18.1 Å². The first kappa shape index (κ1) is 14.4. The number of nitrogen functional groups attached to an aromatic ring is 2. The van der Waals surface area contributed by atoms with Crippen molar-refractivity contribution < 1.29 is 9.47 Å². The summed E-state index contributed by atoms with van der Waals surface area (Å²) in [5, 5.41) is 0.753. The van der Waals surface area contributed by atoms with Gasteiger partial charge in [-0.05, 0) is 18.9 Å². The lowest BCUT2D eigenvalue weighted by Crippen LogP contribution is -2.09. The van der Waals surface area contributed by atoms with E-state index in [4.69, 9.17) is 20.9 Å². The Labute approximate surface area is 117 Å². The van der Waals surface area contributed by atoms with Crippen LogP contribution in [0.25, 0.3) is 11.0 Å². The maximum atomic E-state index is 5.97. The molecule has 0 amide bonds. The van der Waals surface area contributed by atoms with Gasteiger partial charge in [-0.3, -0.25) is 0 Å². The van der Waals surface area contributed by atoms with Gasteiger partial charge in [0.05, 0.1) is 12.0 Å². The molecule has 2 aromatic heterocycles. The molecule has 0 aliphatic heterocycles. The lowest BCUT2D eigenvalue weighted by atomic mass is 10.0. The molecule has 2 rings (SSSR count). The maximum absolute atomic E-state index is 5.97. The van der Waals surface area contributed by atoms with Crippen LogP contribution in [0.3, 0.4) is 0 Å². The van der Waals surface area contributed by atoms with Crippen LogP contribution in [0, 0.1) is 6.92 Å². The molecule has 4 N–H and O–H groups in total. The number of aromatic nitrogens is 3. The van der Waals surface area contributed by atoms with E-state index in [1.165, 1.54) is 0 Å². The molecule has 0 unspecified atom stereocenters. The molecule has 2 aromatic rings. The highest BCUT2D eigenvalue weighted by atomic mass is 16.7. The van der Waals surface area contributed by atoms with Gasteiger partial charge in [-0.25, -0.2) is 4.98 Å². The summed E-state index contributed by atoms with van der Waals surface area (Å²) in [4.78, 5) is 12.6. The smallest absolute Gasteiger partial charge is 0.224 e. The number of aryl methyl sites for hydroxylation is 2. The molecule has 0 aromatic carbocycles. The number of fused-ring (bicyclic) bond motifs is 1. The van der Waals surface area contributed by atoms with E-state index >= 15 is 0 Å². The van der Waals surface area contributed by atoms with Gasteiger partial charge in [0.15, 0.2) is 5.65 Å². The van der Waals surface area contributed by atoms with Gasteiger partial charge in [-0.1, -0.05) is 6.92 Å². The zero-order valence-electron chi connectivity index (χ0n) is 11.9. The Hall–Kier alpha value is -1.99. The van der Waals surface area contributed by atoms with Crippen LogP contribution in [0.5, 0.6) is 0 Å². The van der Waals surface area contributed by atoms with Crippen molar-refractivity contribution in [1.29, 1.82) is 0 Å². The summed E-state index contributed by atoms with van der Waals surface area (Å²) >= 11 is 0. The summed E-state index contributed by atoms with van der Waals surface area (Å²) in [6.45, 7) is 4.60. The number of hydrogen-bond acceptors (Lipinski definition) is 7. The van der Waals surface area contributed by atoms with E-state index in [1.807, 2.05) is 13.8 Å². The van der Waals surface area contributed by atoms with Crippen LogP contribution in [0.15, 0.2) is 0 Å². The Balaban J connectivity index is 2.60. The van der Waals surface area contributed by atoms with Crippen molar-refractivity contribution in [2.75, 3.05) is 25.4 Å². The zero-order chi connectivity index (χ0) is 14.7. The second kappa shape index (κ2) is 5.98. The molecule has 0 aliphatic rings. The van der Waals surface area contributed by atoms with Crippen molar-refractivity contribution in [1.82, 2.24) is 15.0 Å². The number of nitrogens with zero attached hydrogens (tertiary/aromatic N) is 3. The summed E-state index contributed by atoms with van der Waals surface area (Å²) in [5.41, 5.74) is 15.0. The van der Waals surface area contributed by atoms with Crippen LogP contribution < -0.4 is 11.5 Å². The zero-order valence-corrected chi connectivity index (χ0v) is 11.9. The summed E-state index contributed by atoms with van der Waals surface area (Å²) in [5.74, 6) is 0.483. The van der Waals surface area contributed by atoms with E-state index in [-0.39, 0.29) is 12.7 Å². The van der Waals surface area contributed by atoms with Gasteiger partial charge in [-0.15, -0.1) is 0 Å². The molecule has 0 spiro atoms. The highest BCUT2D eigenvalue weighted by Crippen LogP contribution is 2.27.